The monoisotopic (exact) mass is 215 g/mol. The lowest BCUT2D eigenvalue weighted by atomic mass is 10.2. The largest absolute Gasteiger partial charge is 0.417 e. The van der Waals surface area contributed by atoms with Crippen molar-refractivity contribution < 1.29 is 13.2 Å². The first-order valence-electron chi connectivity index (χ1n) is 3.57. The highest BCUT2D eigenvalue weighted by molar-refractivity contribution is 6.20. The summed E-state index contributed by atoms with van der Waals surface area (Å²) in [6.07, 6.45) is -4.34. The Morgan fingerprint density at radius 3 is 2.62 bits per heavy atom. The Morgan fingerprint density at radius 1 is 1.54 bits per heavy atom. The molecule has 0 aliphatic carbocycles. The van der Waals surface area contributed by atoms with Crippen LogP contribution in [0.4, 0.5) is 13.2 Å². The van der Waals surface area contributed by atoms with E-state index in [4.69, 9.17) is 11.6 Å². The van der Waals surface area contributed by atoms with Gasteiger partial charge in [-0.1, -0.05) is 11.6 Å². The lowest BCUT2D eigenvalue weighted by Gasteiger charge is -2.27. The number of halogens is 4. The van der Waals surface area contributed by atoms with Crippen molar-refractivity contribution in [2.75, 3.05) is 13.6 Å². The molecule has 76 valence electrons. The molecule has 1 aliphatic heterocycles. The fourth-order valence-corrected chi connectivity index (χ4v) is 1.20. The molecule has 0 radical (unpaired) electrons. The number of hydrogen-bond acceptors (Lipinski definition) is 3. The molecule has 0 saturated heterocycles. The van der Waals surface area contributed by atoms with Crippen LogP contribution in [0.2, 0.25) is 0 Å². The number of rotatable bonds is 1. The first-order valence-corrected chi connectivity index (χ1v) is 4.01. The average Bonchev–Trinajstić information content (AvgIpc) is 2.01. The van der Waals surface area contributed by atoms with Crippen LogP contribution >= 0.6 is 11.6 Å². The van der Waals surface area contributed by atoms with Crippen molar-refractivity contribution in [1.29, 1.82) is 0 Å². The van der Waals surface area contributed by atoms with Crippen molar-refractivity contribution in [2.45, 2.75) is 11.8 Å². The van der Waals surface area contributed by atoms with Crippen LogP contribution in [0.3, 0.4) is 0 Å². The van der Waals surface area contributed by atoms with Crippen LogP contribution < -0.4 is 16.0 Å². The quantitative estimate of drug-likeness (QED) is 0.445. The molecule has 7 heteroatoms. The minimum absolute atomic E-state index is 0.0775. The van der Waals surface area contributed by atoms with Gasteiger partial charge in [0.05, 0.1) is 5.57 Å². The second kappa shape index (κ2) is 3.63. The second-order valence-electron chi connectivity index (χ2n) is 2.49. The van der Waals surface area contributed by atoms with Gasteiger partial charge in [0.15, 0.2) is 5.62 Å². The zero-order valence-corrected chi connectivity index (χ0v) is 7.55. The molecule has 1 aliphatic rings. The zero-order chi connectivity index (χ0) is 10.1. The minimum Gasteiger partial charge on any atom is -0.375 e. The van der Waals surface area contributed by atoms with E-state index in [0.29, 0.717) is 0 Å². The van der Waals surface area contributed by atoms with E-state index >= 15 is 0 Å². The van der Waals surface area contributed by atoms with Crippen molar-refractivity contribution in [3.63, 3.8) is 0 Å². The fourth-order valence-electron chi connectivity index (χ4n) is 1.01. The fraction of sp³-hybridized carbons (Fsp3) is 0.667. The van der Waals surface area contributed by atoms with Crippen molar-refractivity contribution in [3.05, 3.63) is 11.4 Å². The standard InChI is InChI=1S/C6H9ClF3N3/c1-11-4-3(6(8,9)10)2-12-5(7)13-4/h5,11-13H,2H2,1H3. The topological polar surface area (TPSA) is 36.1 Å². The first kappa shape index (κ1) is 10.5. The molecule has 0 fully saturated rings. The molecule has 1 rings (SSSR count). The van der Waals surface area contributed by atoms with E-state index in [-0.39, 0.29) is 12.4 Å². The third-order valence-electron chi connectivity index (χ3n) is 1.62. The van der Waals surface area contributed by atoms with E-state index in [1.165, 1.54) is 7.05 Å². The summed E-state index contributed by atoms with van der Waals surface area (Å²) in [6.45, 7) is -0.291. The summed E-state index contributed by atoms with van der Waals surface area (Å²) in [4.78, 5) is 0. The van der Waals surface area contributed by atoms with Crippen LogP contribution in [0.5, 0.6) is 0 Å². The Morgan fingerprint density at radius 2 is 2.15 bits per heavy atom. The molecule has 3 nitrogen and oxygen atoms in total. The summed E-state index contributed by atoms with van der Waals surface area (Å²) in [5, 5.41) is 7.28. The third kappa shape index (κ3) is 2.41. The highest BCUT2D eigenvalue weighted by atomic mass is 35.5. The van der Waals surface area contributed by atoms with Crippen LogP contribution in [0.25, 0.3) is 0 Å². The highest BCUT2D eigenvalue weighted by Gasteiger charge is 2.38. The molecule has 0 saturated carbocycles. The predicted molar refractivity (Wildman–Crippen MR) is 42.9 cm³/mol. The van der Waals surface area contributed by atoms with Gasteiger partial charge in [0.25, 0.3) is 0 Å². The maximum atomic E-state index is 12.3. The normalized spacial score (nSPS) is 24.2. The van der Waals surface area contributed by atoms with Crippen molar-refractivity contribution in [3.8, 4) is 0 Å². The molecule has 1 unspecified atom stereocenters. The number of alkyl halides is 4. The summed E-state index contributed by atoms with van der Waals surface area (Å²) < 4.78 is 36.9. The van der Waals surface area contributed by atoms with E-state index in [9.17, 15) is 13.2 Å². The Hall–Kier alpha value is -0.620. The maximum absolute atomic E-state index is 12.3. The van der Waals surface area contributed by atoms with E-state index in [0.717, 1.165) is 0 Å². The molecule has 1 heterocycles. The zero-order valence-electron chi connectivity index (χ0n) is 6.80. The van der Waals surface area contributed by atoms with Gasteiger partial charge in [-0.05, 0) is 0 Å². The number of hydrogen-bond donors (Lipinski definition) is 3. The molecule has 1 atom stereocenters. The van der Waals surface area contributed by atoms with Gasteiger partial charge in [-0.2, -0.15) is 13.2 Å². The van der Waals surface area contributed by atoms with Gasteiger partial charge >= 0.3 is 6.18 Å². The summed E-state index contributed by atoms with van der Waals surface area (Å²) in [5.74, 6) is -0.0775. The summed E-state index contributed by atoms with van der Waals surface area (Å²) in [6, 6.07) is 0. The molecule has 0 aromatic heterocycles. The lowest BCUT2D eigenvalue weighted by molar-refractivity contribution is -0.0954. The molecule has 3 N–H and O–H groups in total. The van der Waals surface area contributed by atoms with Crippen LogP contribution in [0.1, 0.15) is 0 Å². The van der Waals surface area contributed by atoms with E-state index < -0.39 is 17.4 Å². The maximum Gasteiger partial charge on any atom is 0.417 e. The van der Waals surface area contributed by atoms with Gasteiger partial charge in [0, 0.05) is 13.6 Å². The van der Waals surface area contributed by atoms with Crippen LogP contribution in [-0.2, 0) is 0 Å². The summed E-state index contributed by atoms with van der Waals surface area (Å²) in [5.41, 5.74) is -1.35. The van der Waals surface area contributed by atoms with Gasteiger partial charge in [0.1, 0.15) is 5.82 Å². The van der Waals surface area contributed by atoms with Gasteiger partial charge < -0.3 is 10.6 Å². The second-order valence-corrected chi connectivity index (χ2v) is 2.93. The van der Waals surface area contributed by atoms with Crippen LogP contribution in [-0.4, -0.2) is 25.4 Å². The molecular formula is C6H9ClF3N3. The number of nitrogens with one attached hydrogen (secondary N) is 3. The van der Waals surface area contributed by atoms with Gasteiger partial charge in [-0.15, -0.1) is 0 Å². The lowest BCUT2D eigenvalue weighted by Crippen LogP contribution is -2.49. The van der Waals surface area contributed by atoms with Crippen molar-refractivity contribution in [2.24, 2.45) is 0 Å². The van der Waals surface area contributed by atoms with Crippen molar-refractivity contribution >= 4 is 11.6 Å². The van der Waals surface area contributed by atoms with E-state index in [1.54, 1.807) is 0 Å². The summed E-state index contributed by atoms with van der Waals surface area (Å²) in [7, 11) is 1.41. The third-order valence-corrected chi connectivity index (χ3v) is 1.89. The van der Waals surface area contributed by atoms with Gasteiger partial charge in [0.2, 0.25) is 0 Å². The Bertz CT molecular complexity index is 226. The van der Waals surface area contributed by atoms with Crippen LogP contribution in [0.15, 0.2) is 11.4 Å². The molecule has 0 aromatic rings. The van der Waals surface area contributed by atoms with Crippen molar-refractivity contribution in [1.82, 2.24) is 16.0 Å². The highest BCUT2D eigenvalue weighted by Crippen LogP contribution is 2.27. The SMILES string of the molecule is CNC1=C(C(F)(F)F)CNC(Cl)N1. The van der Waals surface area contributed by atoms with Crippen LogP contribution in [0, 0.1) is 0 Å². The Kier molecular flexibility index (Phi) is 2.92. The van der Waals surface area contributed by atoms with Gasteiger partial charge in [-0.25, -0.2) is 0 Å². The van der Waals surface area contributed by atoms with E-state index in [2.05, 4.69) is 16.0 Å². The molecule has 0 bridgehead atoms. The van der Waals surface area contributed by atoms with E-state index in [1.807, 2.05) is 0 Å². The molecule has 13 heavy (non-hydrogen) atoms. The molecule has 0 aromatic carbocycles. The molecule has 0 spiro atoms. The first-order chi connectivity index (χ1) is 5.95. The predicted octanol–water partition coefficient (Wildman–Crippen LogP) is 0.695. The summed E-state index contributed by atoms with van der Waals surface area (Å²) >= 11 is 5.54. The van der Waals surface area contributed by atoms with Gasteiger partial charge in [-0.3, -0.25) is 5.32 Å². The minimum atomic E-state index is -4.34. The molecular weight excluding hydrogens is 207 g/mol. The molecule has 0 amide bonds. The average molecular weight is 216 g/mol. The Balaban J connectivity index is 2.90. The Labute approximate surface area is 78.3 Å². The smallest absolute Gasteiger partial charge is 0.375 e.